The Kier molecular flexibility index (Phi) is 3.64. The van der Waals surface area contributed by atoms with Crippen LogP contribution in [0.3, 0.4) is 0 Å². The van der Waals surface area contributed by atoms with Crippen molar-refractivity contribution in [3.8, 4) is 11.5 Å². The first-order valence-electron chi connectivity index (χ1n) is 6.24. The third-order valence-electron chi connectivity index (χ3n) is 2.73. The van der Waals surface area contributed by atoms with E-state index < -0.39 is 5.91 Å². The van der Waals surface area contributed by atoms with E-state index in [0.717, 1.165) is 5.56 Å². The molecule has 1 amide bonds. The largest absolute Gasteiger partial charge is 0.412 e. The minimum atomic E-state index is -0.422. The Hall–Kier alpha value is -3.09. The van der Waals surface area contributed by atoms with Gasteiger partial charge >= 0.3 is 11.8 Å². The van der Waals surface area contributed by atoms with Gasteiger partial charge in [-0.2, -0.15) is 0 Å². The summed E-state index contributed by atoms with van der Waals surface area (Å²) in [6.07, 6.45) is 6.55. The predicted octanol–water partition coefficient (Wildman–Crippen LogP) is 1.46. The van der Waals surface area contributed by atoms with Gasteiger partial charge in [-0.25, -0.2) is 0 Å². The van der Waals surface area contributed by atoms with Crippen molar-refractivity contribution in [1.82, 2.24) is 25.5 Å². The minimum Gasteiger partial charge on any atom is -0.412 e. The zero-order chi connectivity index (χ0) is 14.5. The van der Waals surface area contributed by atoms with E-state index in [1.54, 1.807) is 36.9 Å². The van der Waals surface area contributed by atoms with Crippen LogP contribution in [0.4, 0.5) is 0 Å². The highest BCUT2D eigenvalue weighted by atomic mass is 16.4. The van der Waals surface area contributed by atoms with E-state index in [0.29, 0.717) is 12.1 Å². The van der Waals surface area contributed by atoms with E-state index in [-0.39, 0.29) is 11.8 Å². The number of hydrogen-bond donors (Lipinski definition) is 1. The van der Waals surface area contributed by atoms with Crippen molar-refractivity contribution >= 4 is 5.91 Å². The molecule has 3 aromatic rings. The maximum Gasteiger partial charge on any atom is 0.309 e. The van der Waals surface area contributed by atoms with Crippen LogP contribution in [0.25, 0.3) is 11.5 Å². The number of carbonyl (C=O) groups is 1. The summed E-state index contributed by atoms with van der Waals surface area (Å²) >= 11 is 0. The second kappa shape index (κ2) is 5.91. The average molecular weight is 281 g/mol. The summed E-state index contributed by atoms with van der Waals surface area (Å²) in [6, 6.07) is 7.16. The van der Waals surface area contributed by atoms with Crippen molar-refractivity contribution in [2.75, 3.05) is 0 Å². The molecule has 104 valence electrons. The van der Waals surface area contributed by atoms with Crippen molar-refractivity contribution in [1.29, 1.82) is 0 Å². The predicted molar refractivity (Wildman–Crippen MR) is 72.9 cm³/mol. The highest BCUT2D eigenvalue weighted by molar-refractivity contribution is 5.89. The van der Waals surface area contributed by atoms with Crippen LogP contribution in [0.15, 0.2) is 53.5 Å². The molecule has 0 unspecified atom stereocenters. The Balaban J connectivity index is 1.67. The number of amides is 1. The third kappa shape index (κ3) is 3.08. The van der Waals surface area contributed by atoms with Crippen LogP contribution in [0.2, 0.25) is 0 Å². The zero-order valence-electron chi connectivity index (χ0n) is 10.9. The Labute approximate surface area is 120 Å². The molecular weight excluding hydrogens is 270 g/mol. The first-order chi connectivity index (χ1) is 10.3. The van der Waals surface area contributed by atoms with Gasteiger partial charge in [-0.1, -0.05) is 0 Å². The number of nitrogens with one attached hydrogen (secondary N) is 1. The number of hydrogen-bond acceptors (Lipinski definition) is 6. The van der Waals surface area contributed by atoms with Gasteiger partial charge in [0, 0.05) is 31.3 Å². The van der Waals surface area contributed by atoms with Gasteiger partial charge in [-0.05, 0) is 29.8 Å². The van der Waals surface area contributed by atoms with E-state index in [2.05, 4.69) is 25.5 Å². The molecule has 7 nitrogen and oxygen atoms in total. The number of aromatic nitrogens is 4. The maximum atomic E-state index is 11.9. The molecule has 0 radical (unpaired) electrons. The fourth-order valence-electron chi connectivity index (χ4n) is 1.68. The van der Waals surface area contributed by atoms with E-state index in [1.807, 2.05) is 12.1 Å². The normalized spacial score (nSPS) is 10.3. The number of pyridine rings is 2. The van der Waals surface area contributed by atoms with E-state index in [4.69, 9.17) is 4.42 Å². The Morgan fingerprint density at radius 3 is 2.71 bits per heavy atom. The van der Waals surface area contributed by atoms with E-state index in [1.165, 1.54) is 0 Å². The molecule has 0 aliphatic rings. The monoisotopic (exact) mass is 281 g/mol. The third-order valence-corrected chi connectivity index (χ3v) is 2.73. The van der Waals surface area contributed by atoms with E-state index >= 15 is 0 Å². The second-order valence-electron chi connectivity index (χ2n) is 4.19. The molecule has 0 spiro atoms. The van der Waals surface area contributed by atoms with Gasteiger partial charge in [0.1, 0.15) is 0 Å². The van der Waals surface area contributed by atoms with Crippen LogP contribution in [-0.2, 0) is 6.54 Å². The van der Waals surface area contributed by atoms with Gasteiger partial charge in [-0.3, -0.25) is 14.8 Å². The van der Waals surface area contributed by atoms with Crippen LogP contribution in [-0.4, -0.2) is 26.1 Å². The average Bonchev–Trinajstić information content (AvgIpc) is 3.04. The number of rotatable bonds is 4. The van der Waals surface area contributed by atoms with Crippen LogP contribution < -0.4 is 5.32 Å². The minimum absolute atomic E-state index is 0.0806. The van der Waals surface area contributed by atoms with Gasteiger partial charge in [0.2, 0.25) is 5.89 Å². The Morgan fingerprint density at radius 1 is 1.10 bits per heavy atom. The topological polar surface area (TPSA) is 93.8 Å². The summed E-state index contributed by atoms with van der Waals surface area (Å²) in [7, 11) is 0. The lowest BCUT2D eigenvalue weighted by Crippen LogP contribution is -2.23. The first kappa shape index (κ1) is 12.9. The molecule has 0 aliphatic carbocycles. The molecular formula is C14H11N5O2. The molecule has 0 aliphatic heterocycles. The molecule has 0 fully saturated rings. The standard InChI is InChI=1S/C14H11N5O2/c20-12(17-8-10-3-6-15-7-4-10)14-19-18-13(21-14)11-2-1-5-16-9-11/h1-7,9H,8H2,(H,17,20). The molecule has 7 heteroatoms. The molecule has 3 rings (SSSR count). The molecule has 0 atom stereocenters. The fourth-order valence-corrected chi connectivity index (χ4v) is 1.68. The summed E-state index contributed by atoms with van der Waals surface area (Å²) in [5.41, 5.74) is 1.60. The fraction of sp³-hybridized carbons (Fsp3) is 0.0714. The zero-order valence-corrected chi connectivity index (χ0v) is 10.9. The van der Waals surface area contributed by atoms with E-state index in [9.17, 15) is 4.79 Å². The van der Waals surface area contributed by atoms with Crippen LogP contribution in [0.1, 0.15) is 16.2 Å². The molecule has 1 N–H and O–H groups in total. The highest BCUT2D eigenvalue weighted by Crippen LogP contribution is 2.15. The molecule has 0 saturated carbocycles. The van der Waals surface area contributed by atoms with Crippen molar-refractivity contribution in [3.05, 3.63) is 60.5 Å². The van der Waals surface area contributed by atoms with Gasteiger partial charge in [0.05, 0.1) is 5.56 Å². The summed E-state index contributed by atoms with van der Waals surface area (Å²) in [5.74, 6) is -0.241. The Morgan fingerprint density at radius 2 is 1.95 bits per heavy atom. The van der Waals surface area contributed by atoms with Crippen molar-refractivity contribution in [3.63, 3.8) is 0 Å². The molecule has 3 aromatic heterocycles. The SMILES string of the molecule is O=C(NCc1ccncc1)c1nnc(-c2cccnc2)o1. The smallest absolute Gasteiger partial charge is 0.309 e. The van der Waals surface area contributed by atoms with Gasteiger partial charge in [0.15, 0.2) is 0 Å². The molecule has 0 bridgehead atoms. The van der Waals surface area contributed by atoms with Gasteiger partial charge in [0.25, 0.3) is 0 Å². The molecule has 0 saturated heterocycles. The number of nitrogens with zero attached hydrogens (tertiary/aromatic N) is 4. The van der Waals surface area contributed by atoms with Crippen LogP contribution in [0, 0.1) is 0 Å². The summed E-state index contributed by atoms with van der Waals surface area (Å²) in [5, 5.41) is 10.3. The molecule has 21 heavy (non-hydrogen) atoms. The quantitative estimate of drug-likeness (QED) is 0.778. The molecule has 3 heterocycles. The van der Waals surface area contributed by atoms with Crippen molar-refractivity contribution in [2.24, 2.45) is 0 Å². The first-order valence-corrected chi connectivity index (χ1v) is 6.24. The van der Waals surface area contributed by atoms with Crippen LogP contribution >= 0.6 is 0 Å². The lowest BCUT2D eigenvalue weighted by atomic mass is 10.3. The molecule has 0 aromatic carbocycles. The summed E-state index contributed by atoms with van der Waals surface area (Å²) < 4.78 is 5.33. The van der Waals surface area contributed by atoms with Gasteiger partial charge in [-0.15, -0.1) is 10.2 Å². The second-order valence-corrected chi connectivity index (χ2v) is 4.19. The van der Waals surface area contributed by atoms with Crippen LogP contribution in [0.5, 0.6) is 0 Å². The maximum absolute atomic E-state index is 11.9. The Bertz CT molecular complexity index is 727. The summed E-state index contributed by atoms with van der Waals surface area (Å²) in [6.45, 7) is 0.367. The lowest BCUT2D eigenvalue weighted by Gasteiger charge is -2.01. The van der Waals surface area contributed by atoms with Crippen molar-refractivity contribution in [2.45, 2.75) is 6.54 Å². The lowest BCUT2D eigenvalue weighted by molar-refractivity contribution is 0.0917. The summed E-state index contributed by atoms with van der Waals surface area (Å²) in [4.78, 5) is 19.8. The van der Waals surface area contributed by atoms with Crippen molar-refractivity contribution < 1.29 is 9.21 Å². The number of carbonyl (C=O) groups excluding carboxylic acids is 1. The highest BCUT2D eigenvalue weighted by Gasteiger charge is 2.15. The van der Waals surface area contributed by atoms with Gasteiger partial charge < -0.3 is 9.73 Å².